The molecule has 1 amide bonds. The first-order valence-electron chi connectivity index (χ1n) is 10.3. The molecule has 2 aliphatic rings. The summed E-state index contributed by atoms with van der Waals surface area (Å²) < 4.78 is 0. The normalized spacial score (nSPS) is 23.3. The Morgan fingerprint density at radius 3 is 2.48 bits per heavy atom. The molecule has 4 rings (SSSR count). The first kappa shape index (κ1) is 19.8. The van der Waals surface area contributed by atoms with Gasteiger partial charge in [-0.1, -0.05) is 30.3 Å². The molecule has 7 nitrogen and oxygen atoms in total. The summed E-state index contributed by atoms with van der Waals surface area (Å²) in [5.41, 5.74) is 2.34. The number of aliphatic hydroxyl groups excluding tert-OH is 1. The number of aryl methyl sites for hydroxylation is 1. The lowest BCUT2D eigenvalue weighted by molar-refractivity contribution is 0.0381. The van der Waals surface area contributed by atoms with Gasteiger partial charge in [-0.25, -0.2) is 9.97 Å². The number of nitrogens with zero attached hydrogens (tertiary/aromatic N) is 5. The van der Waals surface area contributed by atoms with Gasteiger partial charge in [0.2, 0.25) is 5.95 Å². The second kappa shape index (κ2) is 8.47. The van der Waals surface area contributed by atoms with Gasteiger partial charge in [0.25, 0.3) is 5.91 Å². The molecule has 29 heavy (non-hydrogen) atoms. The fourth-order valence-electron chi connectivity index (χ4n) is 4.20. The van der Waals surface area contributed by atoms with Crippen LogP contribution in [0.3, 0.4) is 0 Å². The molecule has 2 aliphatic heterocycles. The van der Waals surface area contributed by atoms with Crippen LogP contribution in [-0.4, -0.2) is 83.2 Å². The van der Waals surface area contributed by atoms with Crippen molar-refractivity contribution in [3.05, 3.63) is 53.3 Å². The number of likely N-dealkylation sites (N-methyl/N-ethyl adjacent to an activating group) is 1. The van der Waals surface area contributed by atoms with Crippen LogP contribution in [0, 0.1) is 6.92 Å². The van der Waals surface area contributed by atoms with E-state index in [1.54, 1.807) is 11.1 Å². The van der Waals surface area contributed by atoms with Crippen LogP contribution in [0.1, 0.15) is 34.0 Å². The fraction of sp³-hybridized carbons (Fsp3) is 0.500. The highest BCUT2D eigenvalue weighted by atomic mass is 16.3. The van der Waals surface area contributed by atoms with E-state index in [-0.39, 0.29) is 11.8 Å². The van der Waals surface area contributed by atoms with Crippen LogP contribution in [0.25, 0.3) is 0 Å². The average Bonchev–Trinajstić information content (AvgIpc) is 2.74. The molecule has 1 aromatic carbocycles. The van der Waals surface area contributed by atoms with Crippen LogP contribution < -0.4 is 4.90 Å². The number of likely N-dealkylation sites (tertiary alicyclic amines) is 1. The number of piperazine rings is 1. The highest BCUT2D eigenvalue weighted by Crippen LogP contribution is 2.29. The highest BCUT2D eigenvalue weighted by molar-refractivity contribution is 5.95. The standard InChI is InChI=1S/C22H29N5O2/c1-16-19(14-23-22(24-16)26-12-10-25(2)11-13-26)21(29)27-9-8-18(20(28)15-27)17-6-4-3-5-7-17/h3-7,14,18,20,28H,8-13,15H2,1-2H3/t18-,20-/m1/s1. The number of hydrogen-bond donors (Lipinski definition) is 1. The second-order valence-corrected chi connectivity index (χ2v) is 8.08. The number of aliphatic hydroxyl groups is 1. The van der Waals surface area contributed by atoms with Crippen LogP contribution in [0.4, 0.5) is 5.95 Å². The molecule has 2 atom stereocenters. The molecular weight excluding hydrogens is 366 g/mol. The van der Waals surface area contributed by atoms with Crippen LogP contribution in [-0.2, 0) is 0 Å². The maximum atomic E-state index is 13.1. The third-order valence-electron chi connectivity index (χ3n) is 6.08. The van der Waals surface area contributed by atoms with Gasteiger partial charge in [0.15, 0.2) is 0 Å². The molecule has 0 radical (unpaired) electrons. The summed E-state index contributed by atoms with van der Waals surface area (Å²) in [5.74, 6) is 0.658. The van der Waals surface area contributed by atoms with Gasteiger partial charge in [-0.3, -0.25) is 4.79 Å². The van der Waals surface area contributed by atoms with E-state index < -0.39 is 6.10 Å². The number of carbonyl (C=O) groups excluding carboxylic acids is 1. The van der Waals surface area contributed by atoms with E-state index in [1.165, 1.54) is 0 Å². The average molecular weight is 396 g/mol. The topological polar surface area (TPSA) is 72.8 Å². The van der Waals surface area contributed by atoms with Crippen molar-refractivity contribution in [1.82, 2.24) is 19.8 Å². The Morgan fingerprint density at radius 1 is 1.10 bits per heavy atom. The third kappa shape index (κ3) is 4.26. The fourth-order valence-corrected chi connectivity index (χ4v) is 4.20. The first-order chi connectivity index (χ1) is 14.0. The SMILES string of the molecule is Cc1nc(N2CCN(C)CC2)ncc1C(=O)N1CC[C@H](c2ccccc2)[C@H](O)C1. The molecule has 0 saturated carbocycles. The molecule has 7 heteroatoms. The predicted octanol–water partition coefficient (Wildman–Crippen LogP) is 1.53. The Hall–Kier alpha value is -2.51. The Morgan fingerprint density at radius 2 is 1.83 bits per heavy atom. The van der Waals surface area contributed by atoms with Crippen LogP contribution in [0.15, 0.2) is 36.5 Å². The summed E-state index contributed by atoms with van der Waals surface area (Å²) >= 11 is 0. The van der Waals surface area contributed by atoms with Gasteiger partial charge in [0, 0.05) is 51.4 Å². The van der Waals surface area contributed by atoms with Crippen molar-refractivity contribution >= 4 is 11.9 Å². The van der Waals surface area contributed by atoms with Crippen LogP contribution >= 0.6 is 0 Å². The number of piperidine rings is 1. The highest BCUT2D eigenvalue weighted by Gasteiger charge is 2.32. The van der Waals surface area contributed by atoms with Crippen LogP contribution in [0.5, 0.6) is 0 Å². The molecule has 2 fully saturated rings. The Kier molecular flexibility index (Phi) is 5.78. The van der Waals surface area contributed by atoms with Gasteiger partial charge in [-0.15, -0.1) is 0 Å². The zero-order chi connectivity index (χ0) is 20.4. The van der Waals surface area contributed by atoms with Gasteiger partial charge in [0.1, 0.15) is 0 Å². The summed E-state index contributed by atoms with van der Waals surface area (Å²) in [7, 11) is 2.11. The van der Waals surface area contributed by atoms with E-state index in [1.807, 2.05) is 37.3 Å². The van der Waals surface area contributed by atoms with E-state index >= 15 is 0 Å². The van der Waals surface area contributed by atoms with Gasteiger partial charge in [-0.2, -0.15) is 0 Å². The van der Waals surface area contributed by atoms with Crippen molar-refractivity contribution in [2.24, 2.45) is 0 Å². The maximum absolute atomic E-state index is 13.1. The van der Waals surface area contributed by atoms with E-state index in [2.05, 4.69) is 26.8 Å². The monoisotopic (exact) mass is 395 g/mol. The summed E-state index contributed by atoms with van der Waals surface area (Å²) in [6, 6.07) is 10.0. The zero-order valence-corrected chi connectivity index (χ0v) is 17.2. The Labute approximate surface area is 172 Å². The van der Waals surface area contributed by atoms with Crippen molar-refractivity contribution in [2.45, 2.75) is 25.4 Å². The third-order valence-corrected chi connectivity index (χ3v) is 6.08. The van der Waals surface area contributed by atoms with E-state index in [0.717, 1.165) is 38.2 Å². The molecule has 1 N–H and O–H groups in total. The van der Waals surface area contributed by atoms with Crippen LogP contribution in [0.2, 0.25) is 0 Å². The van der Waals surface area contributed by atoms with E-state index in [0.29, 0.717) is 30.3 Å². The molecule has 0 spiro atoms. The molecule has 154 valence electrons. The lowest BCUT2D eigenvalue weighted by atomic mass is 9.87. The molecule has 3 heterocycles. The Bertz CT molecular complexity index is 852. The molecule has 1 aromatic heterocycles. The van der Waals surface area contributed by atoms with Crippen molar-refractivity contribution in [2.75, 3.05) is 51.2 Å². The summed E-state index contributed by atoms with van der Waals surface area (Å²) in [6.07, 6.45) is 1.82. The molecule has 0 unspecified atom stereocenters. The van der Waals surface area contributed by atoms with Gasteiger partial charge >= 0.3 is 0 Å². The van der Waals surface area contributed by atoms with Gasteiger partial charge in [0.05, 0.1) is 17.4 Å². The van der Waals surface area contributed by atoms with E-state index in [4.69, 9.17) is 0 Å². The van der Waals surface area contributed by atoms with Crippen molar-refractivity contribution in [1.29, 1.82) is 0 Å². The van der Waals surface area contributed by atoms with Gasteiger partial charge < -0.3 is 19.8 Å². The minimum atomic E-state index is -0.569. The lowest BCUT2D eigenvalue weighted by Crippen LogP contribution is -2.46. The predicted molar refractivity (Wildman–Crippen MR) is 112 cm³/mol. The molecule has 2 aromatic rings. The summed E-state index contributed by atoms with van der Waals surface area (Å²) in [5, 5.41) is 10.7. The quantitative estimate of drug-likeness (QED) is 0.850. The minimum Gasteiger partial charge on any atom is -0.391 e. The van der Waals surface area contributed by atoms with Gasteiger partial charge in [-0.05, 0) is 26.0 Å². The number of rotatable bonds is 3. The molecular formula is C22H29N5O2. The van der Waals surface area contributed by atoms with Crippen molar-refractivity contribution < 1.29 is 9.90 Å². The zero-order valence-electron chi connectivity index (χ0n) is 17.2. The number of β-amino-alcohol motifs (C(OH)–C–C–N with tert-alkyl or cyclic N) is 1. The number of benzene rings is 1. The first-order valence-corrected chi connectivity index (χ1v) is 10.3. The number of amides is 1. The smallest absolute Gasteiger partial charge is 0.257 e. The number of aromatic nitrogens is 2. The molecule has 2 saturated heterocycles. The van der Waals surface area contributed by atoms with Crippen molar-refractivity contribution in [3.8, 4) is 0 Å². The Balaban J connectivity index is 1.43. The molecule has 0 bridgehead atoms. The van der Waals surface area contributed by atoms with Crippen molar-refractivity contribution in [3.63, 3.8) is 0 Å². The second-order valence-electron chi connectivity index (χ2n) is 8.08. The summed E-state index contributed by atoms with van der Waals surface area (Å²) in [4.78, 5) is 28.3. The van der Waals surface area contributed by atoms with E-state index in [9.17, 15) is 9.90 Å². The molecule has 0 aliphatic carbocycles. The lowest BCUT2D eigenvalue weighted by Gasteiger charge is -2.36. The number of hydrogen-bond acceptors (Lipinski definition) is 6. The number of carbonyl (C=O) groups is 1. The maximum Gasteiger partial charge on any atom is 0.257 e. The minimum absolute atomic E-state index is 0.0669. The number of anilines is 1. The summed E-state index contributed by atoms with van der Waals surface area (Å²) in [6.45, 7) is 6.56. The largest absolute Gasteiger partial charge is 0.391 e.